The predicted molar refractivity (Wildman–Crippen MR) is 86.4 cm³/mol. The lowest BCUT2D eigenvalue weighted by molar-refractivity contribution is 0.0718. The molecule has 3 rings (SSSR count). The van der Waals surface area contributed by atoms with Crippen LogP contribution in [0.15, 0.2) is 16.9 Å². The molecule has 1 fully saturated rings. The van der Waals surface area contributed by atoms with Crippen molar-refractivity contribution in [2.75, 3.05) is 6.54 Å². The molecule has 1 amide bonds. The first-order valence-corrected chi connectivity index (χ1v) is 8.23. The molecule has 0 spiro atoms. The molecule has 2 aromatic heterocycles. The van der Waals surface area contributed by atoms with Gasteiger partial charge in [-0.1, -0.05) is 19.0 Å². The molecule has 6 nitrogen and oxygen atoms in total. The highest BCUT2D eigenvalue weighted by Gasteiger charge is 2.34. The van der Waals surface area contributed by atoms with Gasteiger partial charge < -0.3 is 9.42 Å². The molecule has 0 aromatic carbocycles. The fourth-order valence-corrected chi connectivity index (χ4v) is 3.26. The molecular formula is C17H24N4O2. The lowest BCUT2D eigenvalue weighted by Crippen LogP contribution is -2.38. The number of likely N-dealkylation sites (tertiary alicyclic amines) is 1. The zero-order valence-electron chi connectivity index (χ0n) is 14.2. The number of carbonyl (C=O) groups excluding carboxylic acids is 1. The van der Waals surface area contributed by atoms with E-state index < -0.39 is 0 Å². The van der Waals surface area contributed by atoms with Gasteiger partial charge in [-0.2, -0.15) is 5.10 Å². The zero-order valence-corrected chi connectivity index (χ0v) is 14.2. The highest BCUT2D eigenvalue weighted by Crippen LogP contribution is 2.27. The lowest BCUT2D eigenvalue weighted by atomic mass is 10.0. The average molecular weight is 316 g/mol. The monoisotopic (exact) mass is 316 g/mol. The number of amides is 1. The second-order valence-electron chi connectivity index (χ2n) is 6.70. The normalized spacial score (nSPS) is 18.1. The Kier molecular flexibility index (Phi) is 4.24. The van der Waals surface area contributed by atoms with Crippen molar-refractivity contribution in [3.05, 3.63) is 35.0 Å². The minimum Gasteiger partial charge on any atom is -0.360 e. The standard InChI is InChI=1S/C17H24N4O2/c1-11(2)16-15(13(4)19-23-16)17(22)21-7-5-6-14(21)10-20-9-12(3)8-18-20/h8-9,11,14H,5-7,10H2,1-4H3/t14-/m1/s1. The second kappa shape index (κ2) is 6.18. The van der Waals surface area contributed by atoms with Gasteiger partial charge in [0.25, 0.3) is 5.91 Å². The van der Waals surface area contributed by atoms with Crippen LogP contribution in [-0.4, -0.2) is 38.3 Å². The number of hydrogen-bond acceptors (Lipinski definition) is 4. The van der Waals surface area contributed by atoms with Crippen LogP contribution in [-0.2, 0) is 6.54 Å². The summed E-state index contributed by atoms with van der Waals surface area (Å²) in [5.41, 5.74) is 2.46. The van der Waals surface area contributed by atoms with Crippen LogP contribution in [0.1, 0.15) is 60.0 Å². The number of aryl methyl sites for hydroxylation is 2. The fraction of sp³-hybridized carbons (Fsp3) is 0.588. The summed E-state index contributed by atoms with van der Waals surface area (Å²) in [5.74, 6) is 0.872. The van der Waals surface area contributed by atoms with Gasteiger partial charge in [-0.25, -0.2) is 0 Å². The first-order chi connectivity index (χ1) is 11.0. The van der Waals surface area contributed by atoms with Gasteiger partial charge in [0.1, 0.15) is 5.56 Å². The van der Waals surface area contributed by atoms with Crippen molar-refractivity contribution in [2.45, 2.75) is 59.0 Å². The van der Waals surface area contributed by atoms with E-state index in [2.05, 4.69) is 10.3 Å². The number of rotatable bonds is 4. The summed E-state index contributed by atoms with van der Waals surface area (Å²) in [7, 11) is 0. The minimum absolute atomic E-state index is 0.0406. The van der Waals surface area contributed by atoms with Crippen molar-refractivity contribution in [3.8, 4) is 0 Å². The van der Waals surface area contributed by atoms with Crippen molar-refractivity contribution in [3.63, 3.8) is 0 Å². The van der Waals surface area contributed by atoms with Gasteiger partial charge >= 0.3 is 0 Å². The first-order valence-electron chi connectivity index (χ1n) is 8.23. The second-order valence-corrected chi connectivity index (χ2v) is 6.70. The molecule has 6 heteroatoms. The highest BCUT2D eigenvalue weighted by atomic mass is 16.5. The number of carbonyl (C=O) groups is 1. The number of aromatic nitrogens is 3. The maximum atomic E-state index is 13.1. The van der Waals surface area contributed by atoms with E-state index in [9.17, 15) is 4.79 Å². The number of hydrogen-bond donors (Lipinski definition) is 0. The van der Waals surface area contributed by atoms with Gasteiger partial charge in [0.2, 0.25) is 0 Å². The minimum atomic E-state index is 0.0406. The topological polar surface area (TPSA) is 64.2 Å². The van der Waals surface area contributed by atoms with Gasteiger partial charge in [0.15, 0.2) is 5.76 Å². The van der Waals surface area contributed by atoms with Gasteiger partial charge in [-0.15, -0.1) is 0 Å². The molecular weight excluding hydrogens is 292 g/mol. The van der Waals surface area contributed by atoms with Crippen molar-refractivity contribution in [1.29, 1.82) is 0 Å². The molecule has 0 radical (unpaired) electrons. The van der Waals surface area contributed by atoms with E-state index in [-0.39, 0.29) is 17.9 Å². The summed E-state index contributed by atoms with van der Waals surface area (Å²) >= 11 is 0. The van der Waals surface area contributed by atoms with E-state index >= 15 is 0 Å². The van der Waals surface area contributed by atoms with E-state index in [0.29, 0.717) is 17.0 Å². The molecule has 1 atom stereocenters. The summed E-state index contributed by atoms with van der Waals surface area (Å²) in [6.07, 6.45) is 5.90. The zero-order chi connectivity index (χ0) is 16.6. The quantitative estimate of drug-likeness (QED) is 0.870. The maximum absolute atomic E-state index is 13.1. The molecule has 0 unspecified atom stereocenters. The van der Waals surface area contributed by atoms with Crippen molar-refractivity contribution < 1.29 is 9.32 Å². The third-order valence-electron chi connectivity index (χ3n) is 4.43. The molecule has 0 aliphatic carbocycles. The van der Waals surface area contributed by atoms with Crippen LogP contribution in [0.25, 0.3) is 0 Å². The van der Waals surface area contributed by atoms with Crippen molar-refractivity contribution in [2.24, 2.45) is 0 Å². The molecule has 0 N–H and O–H groups in total. The Morgan fingerprint density at radius 2 is 2.22 bits per heavy atom. The van der Waals surface area contributed by atoms with Crippen LogP contribution in [0.2, 0.25) is 0 Å². The summed E-state index contributed by atoms with van der Waals surface area (Å²) in [6, 6.07) is 0.177. The van der Waals surface area contributed by atoms with Crippen LogP contribution >= 0.6 is 0 Å². The molecule has 3 heterocycles. The smallest absolute Gasteiger partial charge is 0.259 e. The lowest BCUT2D eigenvalue weighted by Gasteiger charge is -2.25. The maximum Gasteiger partial charge on any atom is 0.259 e. The van der Waals surface area contributed by atoms with Crippen LogP contribution in [0, 0.1) is 13.8 Å². The average Bonchev–Trinajstić information content (AvgIpc) is 3.19. The largest absolute Gasteiger partial charge is 0.360 e. The summed E-state index contributed by atoms with van der Waals surface area (Å²) in [4.78, 5) is 15.0. The summed E-state index contributed by atoms with van der Waals surface area (Å²) < 4.78 is 7.31. The molecule has 2 aromatic rings. The Hall–Kier alpha value is -2.11. The third kappa shape index (κ3) is 3.02. The molecule has 1 aliphatic heterocycles. The molecule has 23 heavy (non-hydrogen) atoms. The molecule has 0 bridgehead atoms. The molecule has 0 saturated carbocycles. The summed E-state index contributed by atoms with van der Waals surface area (Å²) in [6.45, 7) is 9.42. The SMILES string of the molecule is Cc1cnn(C[C@H]2CCCN2C(=O)c2c(C)noc2C(C)C)c1. The predicted octanol–water partition coefficient (Wildman–Crippen LogP) is 2.92. The van der Waals surface area contributed by atoms with Gasteiger partial charge in [-0.3, -0.25) is 9.48 Å². The molecule has 1 saturated heterocycles. The van der Waals surface area contributed by atoms with Crippen LogP contribution in [0.3, 0.4) is 0 Å². The van der Waals surface area contributed by atoms with E-state index in [1.165, 1.54) is 0 Å². The van der Waals surface area contributed by atoms with Gasteiger partial charge in [0, 0.05) is 18.7 Å². The highest BCUT2D eigenvalue weighted by molar-refractivity contribution is 5.96. The fourth-order valence-electron chi connectivity index (χ4n) is 3.26. The Labute approximate surface area is 136 Å². The van der Waals surface area contributed by atoms with E-state index in [1.807, 2.05) is 49.7 Å². The van der Waals surface area contributed by atoms with E-state index in [1.54, 1.807) is 0 Å². The van der Waals surface area contributed by atoms with Crippen molar-refractivity contribution >= 4 is 5.91 Å². The van der Waals surface area contributed by atoms with Crippen molar-refractivity contribution in [1.82, 2.24) is 19.8 Å². The van der Waals surface area contributed by atoms with Crippen LogP contribution < -0.4 is 0 Å². The Morgan fingerprint density at radius 3 is 2.87 bits per heavy atom. The Morgan fingerprint density at radius 1 is 1.43 bits per heavy atom. The van der Waals surface area contributed by atoms with Gasteiger partial charge in [-0.05, 0) is 32.3 Å². The number of nitrogens with zero attached hydrogens (tertiary/aromatic N) is 4. The first kappa shape index (κ1) is 15.8. The van der Waals surface area contributed by atoms with Crippen LogP contribution in [0.4, 0.5) is 0 Å². The molecule has 124 valence electrons. The molecule has 1 aliphatic rings. The summed E-state index contributed by atoms with van der Waals surface area (Å²) in [5, 5.41) is 8.35. The van der Waals surface area contributed by atoms with Gasteiger partial charge in [0.05, 0.1) is 24.5 Å². The third-order valence-corrected chi connectivity index (χ3v) is 4.43. The van der Waals surface area contributed by atoms with Crippen LogP contribution in [0.5, 0.6) is 0 Å². The Bertz CT molecular complexity index is 701. The van der Waals surface area contributed by atoms with E-state index in [4.69, 9.17) is 4.52 Å². The van der Waals surface area contributed by atoms with E-state index in [0.717, 1.165) is 31.5 Å². The Balaban J connectivity index is 1.82.